The van der Waals surface area contributed by atoms with Gasteiger partial charge in [-0.2, -0.15) is 0 Å². The summed E-state index contributed by atoms with van der Waals surface area (Å²) in [6, 6.07) is 7.73. The third-order valence-corrected chi connectivity index (χ3v) is 8.59. The fourth-order valence-corrected chi connectivity index (χ4v) is 6.76. The van der Waals surface area contributed by atoms with E-state index in [0.29, 0.717) is 58.4 Å². The van der Waals surface area contributed by atoms with Gasteiger partial charge in [-0.15, -0.1) is 0 Å². The van der Waals surface area contributed by atoms with Crippen LogP contribution in [-0.4, -0.2) is 50.5 Å². The summed E-state index contributed by atoms with van der Waals surface area (Å²) in [6.07, 6.45) is 2.95. The van der Waals surface area contributed by atoms with Crippen LogP contribution in [0.3, 0.4) is 0 Å². The van der Waals surface area contributed by atoms with Gasteiger partial charge in [-0.1, -0.05) is 36.3 Å². The molecule has 0 amide bonds. The first-order chi connectivity index (χ1) is 21.2. The smallest absolute Gasteiger partial charge is 0.344 e. The van der Waals surface area contributed by atoms with Crippen molar-refractivity contribution < 1.29 is 33.3 Å². The number of carbonyl (C=O) groups is 2. The van der Waals surface area contributed by atoms with E-state index in [1.165, 1.54) is 30.1 Å². The van der Waals surface area contributed by atoms with E-state index in [1.54, 1.807) is 44.2 Å². The second kappa shape index (κ2) is 15.1. The van der Waals surface area contributed by atoms with Gasteiger partial charge in [-0.25, -0.2) is 14.6 Å². The summed E-state index contributed by atoms with van der Waals surface area (Å²) in [5, 5.41) is 0.423. The molecule has 44 heavy (non-hydrogen) atoms. The van der Waals surface area contributed by atoms with Crippen LogP contribution in [0.25, 0.3) is 6.08 Å². The molecule has 1 aliphatic heterocycles. The minimum Gasteiger partial charge on any atom is -0.496 e. The standard InChI is InChI=1S/C31H32ClIN2O8S/c1-6-9-21-26(30(38)42-8-3)27(19-15-18(32)10-11-22(19)39-4)35-29(37)24(44-31(35)34-21)14-17-12-20(33)28(23(13-17)40-5)43-16-25(36)41-7-2/h10-15,27H,6-9,16H2,1-5H3/b24-14+/t27-/m1/s1. The first-order valence-corrected chi connectivity index (χ1v) is 16.2. The average Bonchev–Trinajstić information content (AvgIpc) is 3.30. The summed E-state index contributed by atoms with van der Waals surface area (Å²) in [6.45, 7) is 5.57. The molecule has 0 fully saturated rings. The van der Waals surface area contributed by atoms with E-state index in [0.717, 1.165) is 6.42 Å². The second-order valence-corrected chi connectivity index (χ2v) is 12.0. The van der Waals surface area contributed by atoms with E-state index < -0.39 is 18.0 Å². The van der Waals surface area contributed by atoms with Crippen LogP contribution in [0.15, 0.2) is 51.4 Å². The van der Waals surface area contributed by atoms with Crippen molar-refractivity contribution in [2.45, 2.75) is 39.7 Å². The maximum Gasteiger partial charge on any atom is 0.344 e. The van der Waals surface area contributed by atoms with E-state index in [1.807, 2.05) is 13.0 Å². The first-order valence-electron chi connectivity index (χ1n) is 13.9. The molecule has 0 saturated heterocycles. The molecule has 0 N–H and O–H groups in total. The first kappa shape index (κ1) is 33.5. The Morgan fingerprint density at radius 2 is 1.80 bits per heavy atom. The van der Waals surface area contributed by atoms with Crippen LogP contribution in [0, 0.1) is 3.57 Å². The molecule has 0 bridgehead atoms. The summed E-state index contributed by atoms with van der Waals surface area (Å²) in [7, 11) is 3.01. The monoisotopic (exact) mass is 754 g/mol. The summed E-state index contributed by atoms with van der Waals surface area (Å²) in [4.78, 5) is 44.7. The van der Waals surface area contributed by atoms with Crippen molar-refractivity contribution in [3.05, 3.63) is 81.0 Å². The molecule has 2 heterocycles. The van der Waals surface area contributed by atoms with Gasteiger partial charge in [0, 0.05) is 10.6 Å². The van der Waals surface area contributed by atoms with Crippen LogP contribution < -0.4 is 29.1 Å². The Balaban J connectivity index is 1.92. The molecular weight excluding hydrogens is 723 g/mol. The molecule has 0 spiro atoms. The van der Waals surface area contributed by atoms with Crippen molar-refractivity contribution in [3.63, 3.8) is 0 Å². The third-order valence-electron chi connectivity index (χ3n) is 6.57. The van der Waals surface area contributed by atoms with E-state index in [9.17, 15) is 14.4 Å². The Kier molecular flexibility index (Phi) is 11.5. The molecule has 1 atom stereocenters. The highest BCUT2D eigenvalue weighted by Gasteiger charge is 2.36. The number of hydrogen-bond donors (Lipinski definition) is 0. The fraction of sp³-hybridized carbons (Fsp3) is 0.355. The quantitative estimate of drug-likeness (QED) is 0.192. The maximum atomic E-state index is 14.1. The van der Waals surface area contributed by atoms with Crippen LogP contribution in [0.5, 0.6) is 17.2 Å². The number of carbonyl (C=O) groups excluding carboxylic acids is 2. The Bertz CT molecular complexity index is 1780. The van der Waals surface area contributed by atoms with Gasteiger partial charge in [-0.05, 0) is 84.8 Å². The van der Waals surface area contributed by atoms with Crippen LogP contribution in [0.2, 0.25) is 5.02 Å². The topological polar surface area (TPSA) is 115 Å². The Hall–Kier alpha value is -3.36. The molecule has 0 saturated carbocycles. The van der Waals surface area contributed by atoms with Crippen molar-refractivity contribution in [2.75, 3.05) is 34.0 Å². The molecule has 10 nitrogen and oxygen atoms in total. The van der Waals surface area contributed by atoms with E-state index in [4.69, 9.17) is 40.3 Å². The highest BCUT2D eigenvalue weighted by atomic mass is 127. The van der Waals surface area contributed by atoms with Gasteiger partial charge >= 0.3 is 11.9 Å². The fourth-order valence-electron chi connectivity index (χ4n) is 4.78. The van der Waals surface area contributed by atoms with Crippen LogP contribution in [-0.2, 0) is 19.1 Å². The molecule has 1 aliphatic rings. The van der Waals surface area contributed by atoms with Gasteiger partial charge in [0.25, 0.3) is 5.56 Å². The van der Waals surface area contributed by atoms with Gasteiger partial charge in [0.2, 0.25) is 0 Å². The van der Waals surface area contributed by atoms with Crippen molar-refractivity contribution in [3.8, 4) is 17.2 Å². The number of rotatable bonds is 12. The lowest BCUT2D eigenvalue weighted by Gasteiger charge is -2.27. The van der Waals surface area contributed by atoms with Crippen molar-refractivity contribution in [1.29, 1.82) is 0 Å². The zero-order valence-corrected chi connectivity index (χ0v) is 28.6. The van der Waals surface area contributed by atoms with Gasteiger partial charge in [0.05, 0.1) is 46.8 Å². The largest absolute Gasteiger partial charge is 0.496 e. The van der Waals surface area contributed by atoms with E-state index >= 15 is 0 Å². The normalized spacial score (nSPS) is 14.5. The van der Waals surface area contributed by atoms with Gasteiger partial charge < -0.3 is 23.7 Å². The summed E-state index contributed by atoms with van der Waals surface area (Å²) < 4.78 is 29.8. The Morgan fingerprint density at radius 3 is 2.45 bits per heavy atom. The molecule has 4 rings (SSSR count). The summed E-state index contributed by atoms with van der Waals surface area (Å²) >= 11 is 9.71. The average molecular weight is 755 g/mol. The zero-order valence-electron chi connectivity index (χ0n) is 24.9. The van der Waals surface area contributed by atoms with Gasteiger partial charge in [0.1, 0.15) is 11.8 Å². The molecule has 13 heteroatoms. The Morgan fingerprint density at radius 1 is 1.07 bits per heavy atom. The number of methoxy groups -OCH3 is 2. The van der Waals surface area contributed by atoms with Crippen molar-refractivity contribution in [2.24, 2.45) is 4.99 Å². The number of esters is 2. The number of nitrogens with zero attached hydrogens (tertiary/aromatic N) is 2. The Labute approximate surface area is 277 Å². The van der Waals surface area contributed by atoms with Crippen LogP contribution in [0.1, 0.15) is 50.8 Å². The number of allylic oxidation sites excluding steroid dienone is 1. The minimum atomic E-state index is -0.879. The maximum absolute atomic E-state index is 14.1. The SMILES string of the molecule is CCCC1=C(C(=O)OCC)[C@@H](c2cc(Cl)ccc2OC)n2c(s/c(=C/c3cc(I)c(OCC(=O)OCC)c(OC)c3)c2=O)=N1. The summed E-state index contributed by atoms with van der Waals surface area (Å²) in [5.74, 6) is 0.184. The molecule has 234 valence electrons. The minimum absolute atomic E-state index is 0.158. The number of hydrogen-bond acceptors (Lipinski definition) is 10. The lowest BCUT2D eigenvalue weighted by Crippen LogP contribution is -2.40. The number of thiazole rings is 1. The van der Waals surface area contributed by atoms with Crippen LogP contribution in [0.4, 0.5) is 0 Å². The lowest BCUT2D eigenvalue weighted by molar-refractivity contribution is -0.145. The van der Waals surface area contributed by atoms with E-state index in [2.05, 4.69) is 22.6 Å². The van der Waals surface area contributed by atoms with Crippen molar-refractivity contribution in [1.82, 2.24) is 4.57 Å². The molecule has 0 unspecified atom stereocenters. The molecule has 0 radical (unpaired) electrons. The van der Waals surface area contributed by atoms with Gasteiger partial charge in [-0.3, -0.25) is 9.36 Å². The number of halogens is 2. The highest BCUT2D eigenvalue weighted by Crippen LogP contribution is 2.38. The number of fused-ring (bicyclic) bond motifs is 1. The lowest BCUT2D eigenvalue weighted by atomic mass is 9.93. The van der Waals surface area contributed by atoms with Gasteiger partial charge in [0.15, 0.2) is 22.9 Å². The molecule has 1 aromatic heterocycles. The zero-order chi connectivity index (χ0) is 32.0. The molecule has 2 aromatic carbocycles. The highest BCUT2D eigenvalue weighted by molar-refractivity contribution is 14.1. The molecular formula is C31H32ClIN2O8S. The third kappa shape index (κ3) is 7.13. The number of ether oxygens (including phenoxy) is 5. The second-order valence-electron chi connectivity index (χ2n) is 9.43. The predicted octanol–water partition coefficient (Wildman–Crippen LogP) is 4.80. The molecule has 3 aromatic rings. The molecule has 0 aliphatic carbocycles. The van der Waals surface area contributed by atoms with Crippen LogP contribution >= 0.6 is 45.5 Å². The van der Waals surface area contributed by atoms with E-state index in [-0.39, 0.29) is 31.0 Å². The predicted molar refractivity (Wildman–Crippen MR) is 175 cm³/mol. The summed E-state index contributed by atoms with van der Waals surface area (Å²) in [5.41, 5.74) is 1.67. The van der Waals surface area contributed by atoms with Crippen molar-refractivity contribution >= 4 is 63.5 Å². The number of benzene rings is 2. The number of aromatic nitrogens is 1.